The predicted octanol–water partition coefficient (Wildman–Crippen LogP) is 1.36. The molecule has 0 spiro atoms. The van der Waals surface area contributed by atoms with Gasteiger partial charge in [-0.25, -0.2) is 4.79 Å². The summed E-state index contributed by atoms with van der Waals surface area (Å²) in [6.07, 6.45) is 1.08. The van der Waals surface area contributed by atoms with Crippen LogP contribution in [-0.4, -0.2) is 22.8 Å². The summed E-state index contributed by atoms with van der Waals surface area (Å²) in [5.41, 5.74) is 0.605. The van der Waals surface area contributed by atoms with E-state index in [-0.39, 0.29) is 11.6 Å². The van der Waals surface area contributed by atoms with Gasteiger partial charge in [-0.15, -0.1) is 0 Å². The fourth-order valence-electron chi connectivity index (χ4n) is 0.637. The molecule has 0 saturated heterocycles. The van der Waals surface area contributed by atoms with Gasteiger partial charge in [-0.05, 0) is 25.3 Å². The van der Waals surface area contributed by atoms with Crippen molar-refractivity contribution in [1.29, 1.82) is 0 Å². The van der Waals surface area contributed by atoms with E-state index in [1.165, 1.54) is 0 Å². The standard InChI is InChI=1S/C7H11ClO3/c1-5(3-2-4-9)6(8)7(10)11/h9H,2-4H2,1H3,(H,10,11). The Balaban J connectivity index is 4.05. The Hall–Kier alpha value is -0.540. The van der Waals surface area contributed by atoms with Crippen molar-refractivity contribution in [3.05, 3.63) is 10.6 Å². The fraction of sp³-hybridized carbons (Fsp3) is 0.571. The van der Waals surface area contributed by atoms with Crippen LogP contribution in [0.3, 0.4) is 0 Å². The van der Waals surface area contributed by atoms with Gasteiger partial charge in [-0.3, -0.25) is 0 Å². The third-order valence-electron chi connectivity index (χ3n) is 1.27. The van der Waals surface area contributed by atoms with E-state index < -0.39 is 5.97 Å². The SMILES string of the molecule is CC(CCCO)=C(Cl)C(=O)O. The molecular weight excluding hydrogens is 168 g/mol. The Labute approximate surface area is 70.3 Å². The van der Waals surface area contributed by atoms with E-state index in [0.717, 1.165) is 0 Å². The summed E-state index contributed by atoms with van der Waals surface area (Å²) in [6, 6.07) is 0. The number of rotatable bonds is 4. The van der Waals surface area contributed by atoms with Crippen molar-refractivity contribution in [2.75, 3.05) is 6.61 Å². The van der Waals surface area contributed by atoms with Crippen molar-refractivity contribution in [2.45, 2.75) is 19.8 Å². The predicted molar refractivity (Wildman–Crippen MR) is 42.5 cm³/mol. The van der Waals surface area contributed by atoms with Gasteiger partial charge in [-0.1, -0.05) is 11.6 Å². The van der Waals surface area contributed by atoms with Crippen LogP contribution in [-0.2, 0) is 4.79 Å². The molecule has 0 fully saturated rings. The summed E-state index contributed by atoms with van der Waals surface area (Å²) in [5.74, 6) is -1.11. The molecule has 11 heavy (non-hydrogen) atoms. The van der Waals surface area contributed by atoms with E-state index >= 15 is 0 Å². The highest BCUT2D eigenvalue weighted by atomic mass is 35.5. The van der Waals surface area contributed by atoms with Crippen molar-refractivity contribution in [1.82, 2.24) is 0 Å². The highest BCUT2D eigenvalue weighted by Crippen LogP contribution is 2.13. The lowest BCUT2D eigenvalue weighted by Crippen LogP contribution is -1.97. The van der Waals surface area contributed by atoms with Crippen LogP contribution in [0.2, 0.25) is 0 Å². The zero-order valence-corrected chi connectivity index (χ0v) is 7.06. The molecule has 0 amide bonds. The number of aliphatic hydroxyl groups excluding tert-OH is 1. The third kappa shape index (κ3) is 4.01. The molecule has 0 unspecified atom stereocenters. The Morgan fingerprint density at radius 1 is 1.55 bits per heavy atom. The lowest BCUT2D eigenvalue weighted by Gasteiger charge is -1.99. The van der Waals surface area contributed by atoms with Crippen LogP contribution in [0.5, 0.6) is 0 Å². The molecule has 0 bridgehead atoms. The van der Waals surface area contributed by atoms with Crippen LogP contribution >= 0.6 is 11.6 Å². The maximum Gasteiger partial charge on any atom is 0.347 e. The summed E-state index contributed by atoms with van der Waals surface area (Å²) in [5, 5.41) is 16.7. The van der Waals surface area contributed by atoms with Crippen molar-refractivity contribution >= 4 is 17.6 Å². The molecule has 64 valence electrons. The van der Waals surface area contributed by atoms with Gasteiger partial charge >= 0.3 is 5.97 Å². The molecule has 0 aliphatic rings. The van der Waals surface area contributed by atoms with Crippen LogP contribution in [0.1, 0.15) is 19.8 Å². The number of carboxylic acids is 1. The molecule has 2 N–H and O–H groups in total. The second-order valence-electron chi connectivity index (χ2n) is 2.23. The Morgan fingerprint density at radius 2 is 2.09 bits per heavy atom. The second kappa shape index (κ2) is 5.16. The number of allylic oxidation sites excluding steroid dienone is 1. The first kappa shape index (κ1) is 10.5. The number of aliphatic hydroxyl groups is 1. The zero-order chi connectivity index (χ0) is 8.85. The first-order chi connectivity index (χ1) is 5.09. The van der Waals surface area contributed by atoms with Crippen LogP contribution in [0, 0.1) is 0 Å². The number of hydrogen-bond acceptors (Lipinski definition) is 2. The van der Waals surface area contributed by atoms with Crippen molar-refractivity contribution < 1.29 is 15.0 Å². The van der Waals surface area contributed by atoms with Gasteiger partial charge in [0.25, 0.3) is 0 Å². The van der Waals surface area contributed by atoms with Gasteiger partial charge in [0.05, 0.1) is 0 Å². The molecule has 0 aliphatic heterocycles. The first-order valence-corrected chi connectivity index (χ1v) is 3.66. The van der Waals surface area contributed by atoms with Gasteiger partial charge < -0.3 is 10.2 Å². The summed E-state index contributed by atoms with van der Waals surface area (Å²) < 4.78 is 0. The number of carbonyl (C=O) groups is 1. The smallest absolute Gasteiger partial charge is 0.347 e. The van der Waals surface area contributed by atoms with Crippen LogP contribution in [0.15, 0.2) is 10.6 Å². The van der Waals surface area contributed by atoms with E-state index in [1.807, 2.05) is 0 Å². The summed E-state index contributed by atoms with van der Waals surface area (Å²) in [6.45, 7) is 1.70. The molecule has 3 nitrogen and oxygen atoms in total. The van der Waals surface area contributed by atoms with Crippen LogP contribution in [0.4, 0.5) is 0 Å². The molecular formula is C7H11ClO3. The monoisotopic (exact) mass is 178 g/mol. The zero-order valence-electron chi connectivity index (χ0n) is 6.30. The van der Waals surface area contributed by atoms with E-state index in [9.17, 15) is 4.79 Å². The van der Waals surface area contributed by atoms with Crippen LogP contribution in [0.25, 0.3) is 0 Å². The van der Waals surface area contributed by atoms with Gasteiger partial charge in [0.2, 0.25) is 0 Å². The van der Waals surface area contributed by atoms with E-state index in [4.69, 9.17) is 21.8 Å². The molecule has 4 heteroatoms. The van der Waals surface area contributed by atoms with Gasteiger partial charge in [-0.2, -0.15) is 0 Å². The lowest BCUT2D eigenvalue weighted by atomic mass is 10.1. The number of carboxylic acid groups (broad SMARTS) is 1. The number of aliphatic carboxylic acids is 1. The van der Waals surface area contributed by atoms with E-state index in [2.05, 4.69) is 0 Å². The molecule has 0 aliphatic carbocycles. The molecule has 0 saturated carbocycles. The third-order valence-corrected chi connectivity index (χ3v) is 1.76. The summed E-state index contributed by atoms with van der Waals surface area (Å²) in [4.78, 5) is 10.3. The molecule has 0 rings (SSSR count). The Morgan fingerprint density at radius 3 is 2.45 bits per heavy atom. The Bertz CT molecular complexity index is 175. The van der Waals surface area contributed by atoms with Crippen molar-refractivity contribution in [3.63, 3.8) is 0 Å². The molecule has 0 atom stereocenters. The average Bonchev–Trinajstić information content (AvgIpc) is 1.98. The van der Waals surface area contributed by atoms with E-state index in [0.29, 0.717) is 18.4 Å². The van der Waals surface area contributed by atoms with Crippen LogP contribution < -0.4 is 0 Å². The minimum Gasteiger partial charge on any atom is -0.477 e. The molecule has 0 aromatic carbocycles. The summed E-state index contributed by atoms with van der Waals surface area (Å²) in [7, 11) is 0. The first-order valence-electron chi connectivity index (χ1n) is 3.29. The fourth-order valence-corrected chi connectivity index (χ4v) is 0.731. The maximum absolute atomic E-state index is 10.3. The van der Waals surface area contributed by atoms with Crippen molar-refractivity contribution in [3.8, 4) is 0 Å². The molecule has 0 aromatic heterocycles. The molecule has 0 radical (unpaired) electrons. The maximum atomic E-state index is 10.3. The summed E-state index contributed by atoms with van der Waals surface area (Å²) >= 11 is 5.40. The average molecular weight is 179 g/mol. The Kier molecular flexibility index (Phi) is 4.90. The van der Waals surface area contributed by atoms with Gasteiger partial charge in [0.15, 0.2) is 0 Å². The van der Waals surface area contributed by atoms with E-state index in [1.54, 1.807) is 6.92 Å². The van der Waals surface area contributed by atoms with Gasteiger partial charge in [0.1, 0.15) is 5.03 Å². The largest absolute Gasteiger partial charge is 0.477 e. The highest BCUT2D eigenvalue weighted by Gasteiger charge is 2.06. The van der Waals surface area contributed by atoms with Crippen molar-refractivity contribution in [2.24, 2.45) is 0 Å². The lowest BCUT2D eigenvalue weighted by molar-refractivity contribution is -0.131. The minimum atomic E-state index is -1.11. The molecule has 0 aromatic rings. The number of hydrogen-bond donors (Lipinski definition) is 2. The minimum absolute atomic E-state index is 0.0567. The normalized spacial score (nSPS) is 12.6. The highest BCUT2D eigenvalue weighted by molar-refractivity contribution is 6.41. The quantitative estimate of drug-likeness (QED) is 0.639. The molecule has 0 heterocycles. The second-order valence-corrected chi connectivity index (χ2v) is 2.60. The van der Waals surface area contributed by atoms with Gasteiger partial charge in [0, 0.05) is 6.61 Å². The number of halogens is 1. The topological polar surface area (TPSA) is 57.5 Å².